The molecule has 0 amide bonds. The van der Waals surface area contributed by atoms with Crippen LogP contribution in [-0.2, 0) is 10.0 Å². The maximum Gasteiger partial charge on any atom is 0.241 e. The van der Waals surface area contributed by atoms with Crippen molar-refractivity contribution in [1.29, 1.82) is 0 Å². The molecule has 9 heavy (non-hydrogen) atoms. The molecule has 56 valence electrons. The Labute approximate surface area is 54.1 Å². The average Bonchev–Trinajstić information content (AvgIpc) is 1.62. The minimum atomic E-state index is -3.97. The molecule has 3 nitrogen and oxygen atoms in total. The Bertz CT molecular complexity index is 175. The third kappa shape index (κ3) is 2.76. The van der Waals surface area contributed by atoms with Crippen molar-refractivity contribution in [3.05, 3.63) is 0 Å². The normalized spacial score (nSPS) is 16.1. The first-order chi connectivity index (χ1) is 3.85. The van der Waals surface area contributed by atoms with Crippen molar-refractivity contribution in [3.63, 3.8) is 0 Å². The van der Waals surface area contributed by atoms with Crippen molar-refractivity contribution < 1.29 is 12.8 Å². The average molecular weight is 155 g/mol. The van der Waals surface area contributed by atoms with Crippen LogP contribution >= 0.6 is 0 Å². The lowest BCUT2D eigenvalue weighted by Gasteiger charge is -2.07. The molecule has 2 N–H and O–H groups in total. The van der Waals surface area contributed by atoms with Gasteiger partial charge in [-0.3, -0.25) is 0 Å². The van der Waals surface area contributed by atoms with Gasteiger partial charge in [-0.2, -0.15) is 0 Å². The van der Waals surface area contributed by atoms with E-state index < -0.39 is 21.4 Å². The van der Waals surface area contributed by atoms with Crippen LogP contribution in [0.4, 0.5) is 4.39 Å². The predicted octanol–water partition coefficient (Wildman–Crippen LogP) is 0.227. The van der Waals surface area contributed by atoms with E-state index >= 15 is 0 Å². The summed E-state index contributed by atoms with van der Waals surface area (Å²) >= 11 is 0. The van der Waals surface area contributed by atoms with Crippen LogP contribution < -0.4 is 5.14 Å². The number of hydrogen-bond acceptors (Lipinski definition) is 2. The summed E-state index contributed by atoms with van der Waals surface area (Å²) in [6.07, 6.45) is 0. The molecule has 0 aromatic heterocycles. The molecule has 0 rings (SSSR count). The van der Waals surface area contributed by atoms with E-state index in [2.05, 4.69) is 5.14 Å². The number of hydrogen-bond donors (Lipinski definition) is 1. The summed E-state index contributed by atoms with van der Waals surface area (Å²) in [5, 5.41) is 4.48. The minimum absolute atomic E-state index is 0.569. The number of rotatable bonds is 2. The molecule has 0 heterocycles. The van der Waals surface area contributed by atoms with Gasteiger partial charge in [0.2, 0.25) is 15.5 Å². The van der Waals surface area contributed by atoms with Crippen molar-refractivity contribution in [1.82, 2.24) is 0 Å². The molecule has 0 saturated carbocycles. The van der Waals surface area contributed by atoms with Crippen molar-refractivity contribution in [2.75, 3.05) is 0 Å². The molecule has 0 aliphatic carbocycles. The Hall–Kier alpha value is -0.160. The first-order valence-electron chi connectivity index (χ1n) is 2.51. The van der Waals surface area contributed by atoms with Crippen molar-refractivity contribution in [2.45, 2.75) is 19.4 Å². The van der Waals surface area contributed by atoms with Gasteiger partial charge >= 0.3 is 0 Å². The van der Waals surface area contributed by atoms with Crippen LogP contribution in [-0.4, -0.2) is 13.9 Å². The molecule has 0 aromatic carbocycles. The largest absolute Gasteiger partial charge is 0.241 e. The van der Waals surface area contributed by atoms with Gasteiger partial charge in [-0.15, -0.1) is 0 Å². The van der Waals surface area contributed by atoms with Crippen LogP contribution in [0.5, 0.6) is 0 Å². The number of alkyl halides is 1. The Balaban J connectivity index is 4.24. The maximum absolute atomic E-state index is 12.3. The van der Waals surface area contributed by atoms with Gasteiger partial charge < -0.3 is 0 Å². The SMILES string of the molecule is CC(C)C(F)S(N)(=O)=O. The summed E-state index contributed by atoms with van der Waals surface area (Å²) in [5.41, 5.74) is -1.93. The van der Waals surface area contributed by atoms with Crippen LogP contribution in [0.25, 0.3) is 0 Å². The van der Waals surface area contributed by atoms with E-state index in [0.29, 0.717) is 0 Å². The van der Waals surface area contributed by atoms with Crippen LogP contribution in [0, 0.1) is 5.92 Å². The summed E-state index contributed by atoms with van der Waals surface area (Å²) in [5.74, 6) is -0.569. The molecule has 5 heteroatoms. The molecule has 0 bridgehead atoms. The molecule has 0 fully saturated rings. The first kappa shape index (κ1) is 8.84. The van der Waals surface area contributed by atoms with Crippen molar-refractivity contribution in [3.8, 4) is 0 Å². The zero-order valence-electron chi connectivity index (χ0n) is 5.33. The second-order valence-corrected chi connectivity index (χ2v) is 3.81. The highest BCUT2D eigenvalue weighted by molar-refractivity contribution is 7.89. The van der Waals surface area contributed by atoms with Gasteiger partial charge in [0, 0.05) is 5.92 Å². The van der Waals surface area contributed by atoms with Gasteiger partial charge in [0.1, 0.15) is 0 Å². The number of sulfonamides is 1. The Kier molecular flexibility index (Phi) is 2.57. The van der Waals surface area contributed by atoms with E-state index in [1.165, 1.54) is 13.8 Å². The zero-order chi connectivity index (χ0) is 7.65. The third-order valence-corrected chi connectivity index (χ3v) is 2.01. The molecular formula is C4H10FNO2S. The summed E-state index contributed by atoms with van der Waals surface area (Å²) in [6.45, 7) is 2.91. The van der Waals surface area contributed by atoms with Gasteiger partial charge in [-0.25, -0.2) is 17.9 Å². The zero-order valence-corrected chi connectivity index (χ0v) is 6.15. The lowest BCUT2D eigenvalue weighted by molar-refractivity contribution is 0.340. The highest BCUT2D eigenvalue weighted by Crippen LogP contribution is 2.09. The Morgan fingerprint density at radius 3 is 1.78 bits per heavy atom. The molecule has 0 spiro atoms. The lowest BCUT2D eigenvalue weighted by Crippen LogP contribution is -2.28. The summed E-state index contributed by atoms with van der Waals surface area (Å²) < 4.78 is 32.7. The van der Waals surface area contributed by atoms with Gasteiger partial charge in [0.15, 0.2) is 0 Å². The quantitative estimate of drug-likeness (QED) is 0.620. The Morgan fingerprint density at radius 2 is 1.78 bits per heavy atom. The molecule has 0 aromatic rings. The Morgan fingerprint density at radius 1 is 1.44 bits per heavy atom. The van der Waals surface area contributed by atoms with Crippen LogP contribution in [0.3, 0.4) is 0 Å². The standard InChI is InChI=1S/C4H10FNO2S/c1-3(2)4(5)9(6,7)8/h3-4H,1-2H3,(H2,6,7,8). The maximum atomic E-state index is 12.3. The molecule has 0 aliphatic heterocycles. The molecule has 1 atom stereocenters. The van der Waals surface area contributed by atoms with Crippen LogP contribution in [0.1, 0.15) is 13.8 Å². The predicted molar refractivity (Wildman–Crippen MR) is 32.8 cm³/mol. The van der Waals surface area contributed by atoms with Crippen molar-refractivity contribution in [2.24, 2.45) is 11.1 Å². The van der Waals surface area contributed by atoms with E-state index in [4.69, 9.17) is 0 Å². The van der Waals surface area contributed by atoms with E-state index in [1.54, 1.807) is 0 Å². The fourth-order valence-electron chi connectivity index (χ4n) is 0.379. The first-order valence-corrected chi connectivity index (χ1v) is 4.12. The van der Waals surface area contributed by atoms with E-state index in [1.807, 2.05) is 0 Å². The van der Waals surface area contributed by atoms with E-state index in [-0.39, 0.29) is 0 Å². The second kappa shape index (κ2) is 2.62. The molecule has 0 radical (unpaired) electrons. The monoisotopic (exact) mass is 155 g/mol. The number of halogens is 1. The van der Waals surface area contributed by atoms with Gasteiger partial charge in [0.05, 0.1) is 0 Å². The smallest absolute Gasteiger partial charge is 0.228 e. The number of nitrogens with two attached hydrogens (primary N) is 1. The molecule has 0 aliphatic rings. The molecular weight excluding hydrogens is 145 g/mol. The highest BCUT2D eigenvalue weighted by atomic mass is 32.2. The van der Waals surface area contributed by atoms with E-state index in [9.17, 15) is 12.8 Å². The summed E-state index contributed by atoms with van der Waals surface area (Å²) in [6, 6.07) is 0. The minimum Gasteiger partial charge on any atom is -0.228 e. The molecule has 0 saturated heterocycles. The third-order valence-electron chi connectivity index (χ3n) is 0.838. The topological polar surface area (TPSA) is 60.2 Å². The van der Waals surface area contributed by atoms with E-state index in [0.717, 1.165) is 0 Å². The fraction of sp³-hybridized carbons (Fsp3) is 1.00. The van der Waals surface area contributed by atoms with Crippen LogP contribution in [0.2, 0.25) is 0 Å². The van der Waals surface area contributed by atoms with Gasteiger partial charge in [-0.1, -0.05) is 13.8 Å². The highest BCUT2D eigenvalue weighted by Gasteiger charge is 2.23. The molecule has 1 unspecified atom stereocenters. The fourth-order valence-corrected chi connectivity index (χ4v) is 1.14. The lowest BCUT2D eigenvalue weighted by atomic mass is 10.3. The summed E-state index contributed by atoms with van der Waals surface area (Å²) in [4.78, 5) is 0. The van der Waals surface area contributed by atoms with Gasteiger partial charge in [0.25, 0.3) is 0 Å². The van der Waals surface area contributed by atoms with Crippen molar-refractivity contribution >= 4 is 10.0 Å². The van der Waals surface area contributed by atoms with Crippen LogP contribution in [0.15, 0.2) is 0 Å². The van der Waals surface area contributed by atoms with Gasteiger partial charge in [-0.05, 0) is 0 Å². The number of primary sulfonamides is 1. The summed E-state index contributed by atoms with van der Waals surface area (Å²) in [7, 11) is -3.97. The second-order valence-electron chi connectivity index (χ2n) is 2.18.